The molecule has 0 radical (unpaired) electrons. The van der Waals surface area contributed by atoms with E-state index >= 15 is 0 Å². The van der Waals surface area contributed by atoms with Crippen LogP contribution in [0.25, 0.3) is 0 Å². The fourth-order valence-electron chi connectivity index (χ4n) is 2.14. The summed E-state index contributed by atoms with van der Waals surface area (Å²) >= 11 is 0. The maximum atomic E-state index is 5.97. The van der Waals surface area contributed by atoms with Crippen molar-refractivity contribution in [3.8, 4) is 0 Å². The van der Waals surface area contributed by atoms with Crippen LogP contribution in [0.3, 0.4) is 0 Å². The summed E-state index contributed by atoms with van der Waals surface area (Å²) < 4.78 is 11.9. The summed E-state index contributed by atoms with van der Waals surface area (Å²) in [5, 5.41) is 0. The van der Waals surface area contributed by atoms with Crippen LogP contribution >= 0.6 is 0 Å². The van der Waals surface area contributed by atoms with Gasteiger partial charge < -0.3 is 9.31 Å². The SMILES string of the molecule is CCCC(C)CCB1OC(C)(C)C(C)(C)O1. The first-order valence-electron chi connectivity index (χ1n) is 6.64. The minimum Gasteiger partial charge on any atom is -0.403 e. The van der Waals surface area contributed by atoms with Crippen LogP contribution < -0.4 is 0 Å². The molecule has 3 heteroatoms. The zero-order chi connectivity index (χ0) is 12.4. The van der Waals surface area contributed by atoms with Crippen molar-refractivity contribution in [1.29, 1.82) is 0 Å². The van der Waals surface area contributed by atoms with Gasteiger partial charge in [0, 0.05) is 0 Å². The van der Waals surface area contributed by atoms with Gasteiger partial charge >= 0.3 is 7.12 Å². The molecule has 0 aromatic rings. The second-order valence-corrected chi connectivity index (χ2v) is 6.16. The van der Waals surface area contributed by atoms with Crippen LogP contribution in [0, 0.1) is 5.92 Å². The van der Waals surface area contributed by atoms with Crippen molar-refractivity contribution in [2.75, 3.05) is 0 Å². The summed E-state index contributed by atoms with van der Waals surface area (Å²) in [5.41, 5.74) is -0.350. The fraction of sp³-hybridized carbons (Fsp3) is 1.00. The van der Waals surface area contributed by atoms with Gasteiger partial charge in [-0.3, -0.25) is 0 Å². The van der Waals surface area contributed by atoms with Gasteiger partial charge in [-0.25, -0.2) is 0 Å². The highest BCUT2D eigenvalue weighted by Crippen LogP contribution is 2.38. The largest absolute Gasteiger partial charge is 0.457 e. The van der Waals surface area contributed by atoms with Crippen molar-refractivity contribution in [2.45, 2.75) is 78.3 Å². The second kappa shape index (κ2) is 5.09. The molecule has 0 aromatic carbocycles. The highest BCUT2D eigenvalue weighted by atomic mass is 16.7. The minimum atomic E-state index is -0.175. The topological polar surface area (TPSA) is 18.5 Å². The maximum Gasteiger partial charge on any atom is 0.457 e. The molecular weight excluding hydrogens is 199 g/mol. The Hall–Kier alpha value is -0.0151. The normalized spacial score (nSPS) is 24.8. The number of hydrogen-bond acceptors (Lipinski definition) is 2. The van der Waals surface area contributed by atoms with Gasteiger partial charge in [-0.1, -0.05) is 33.1 Å². The smallest absolute Gasteiger partial charge is 0.403 e. The van der Waals surface area contributed by atoms with Gasteiger partial charge in [0.1, 0.15) is 0 Å². The molecule has 0 N–H and O–H groups in total. The Morgan fingerprint density at radius 1 is 1.00 bits per heavy atom. The maximum absolute atomic E-state index is 5.97. The molecule has 16 heavy (non-hydrogen) atoms. The third kappa shape index (κ3) is 3.24. The molecule has 1 aliphatic heterocycles. The molecular formula is C13H27BO2. The Balaban J connectivity index is 2.37. The van der Waals surface area contributed by atoms with Crippen LogP contribution in [0.2, 0.25) is 6.32 Å². The van der Waals surface area contributed by atoms with E-state index in [0.29, 0.717) is 0 Å². The van der Waals surface area contributed by atoms with Crippen LogP contribution in [-0.4, -0.2) is 18.3 Å². The second-order valence-electron chi connectivity index (χ2n) is 6.16. The van der Waals surface area contributed by atoms with Crippen molar-refractivity contribution < 1.29 is 9.31 Å². The van der Waals surface area contributed by atoms with Gasteiger partial charge in [0.2, 0.25) is 0 Å². The van der Waals surface area contributed by atoms with Crippen molar-refractivity contribution in [3.05, 3.63) is 0 Å². The molecule has 2 nitrogen and oxygen atoms in total. The average molecular weight is 226 g/mol. The van der Waals surface area contributed by atoms with E-state index in [9.17, 15) is 0 Å². The Bertz CT molecular complexity index is 210. The lowest BCUT2D eigenvalue weighted by atomic mass is 9.79. The standard InChI is InChI=1S/C13H27BO2/c1-7-8-11(2)9-10-14-15-12(3,4)13(5,6)16-14/h11H,7-10H2,1-6H3. The van der Waals surface area contributed by atoms with Crippen molar-refractivity contribution in [2.24, 2.45) is 5.92 Å². The lowest BCUT2D eigenvalue weighted by Gasteiger charge is -2.32. The summed E-state index contributed by atoms with van der Waals surface area (Å²) in [6.07, 6.45) is 4.79. The van der Waals surface area contributed by atoms with Gasteiger partial charge in [-0.05, 0) is 39.9 Å². The van der Waals surface area contributed by atoms with Crippen LogP contribution in [0.5, 0.6) is 0 Å². The quantitative estimate of drug-likeness (QED) is 0.662. The zero-order valence-electron chi connectivity index (χ0n) is 11.8. The van der Waals surface area contributed by atoms with Gasteiger partial charge in [0.25, 0.3) is 0 Å². The minimum absolute atomic E-state index is 0.00990. The molecule has 0 saturated carbocycles. The Morgan fingerprint density at radius 2 is 1.50 bits per heavy atom. The van der Waals surface area contributed by atoms with E-state index in [1.165, 1.54) is 19.3 Å². The van der Waals surface area contributed by atoms with Crippen molar-refractivity contribution >= 4 is 7.12 Å². The van der Waals surface area contributed by atoms with E-state index in [1.54, 1.807) is 0 Å². The van der Waals surface area contributed by atoms with Crippen LogP contribution in [0.4, 0.5) is 0 Å². The van der Waals surface area contributed by atoms with Crippen LogP contribution in [-0.2, 0) is 9.31 Å². The predicted octanol–water partition coefficient (Wildman–Crippen LogP) is 3.90. The molecule has 1 unspecified atom stereocenters. The van der Waals surface area contributed by atoms with Crippen LogP contribution in [0.1, 0.15) is 60.8 Å². The monoisotopic (exact) mass is 226 g/mol. The highest BCUT2D eigenvalue weighted by Gasteiger charge is 2.50. The van der Waals surface area contributed by atoms with Gasteiger partial charge in [0.15, 0.2) is 0 Å². The summed E-state index contributed by atoms with van der Waals surface area (Å²) in [4.78, 5) is 0. The first kappa shape index (κ1) is 14.0. The van der Waals surface area contributed by atoms with Crippen molar-refractivity contribution in [3.63, 3.8) is 0 Å². The third-order valence-corrected chi connectivity index (χ3v) is 3.98. The molecule has 1 saturated heterocycles. The molecule has 0 spiro atoms. The first-order valence-corrected chi connectivity index (χ1v) is 6.64. The van der Waals surface area contributed by atoms with E-state index in [0.717, 1.165) is 12.2 Å². The summed E-state index contributed by atoms with van der Waals surface area (Å²) in [6.45, 7) is 13.0. The van der Waals surface area contributed by atoms with E-state index in [-0.39, 0.29) is 18.3 Å². The summed E-state index contributed by atoms with van der Waals surface area (Å²) in [5.74, 6) is 0.782. The van der Waals surface area contributed by atoms with E-state index < -0.39 is 0 Å². The zero-order valence-corrected chi connectivity index (χ0v) is 11.8. The lowest BCUT2D eigenvalue weighted by Crippen LogP contribution is -2.41. The molecule has 94 valence electrons. The van der Waals surface area contributed by atoms with E-state index in [2.05, 4.69) is 41.5 Å². The molecule has 0 amide bonds. The number of hydrogen-bond donors (Lipinski definition) is 0. The van der Waals surface area contributed by atoms with Crippen molar-refractivity contribution in [1.82, 2.24) is 0 Å². The Morgan fingerprint density at radius 3 is 1.94 bits per heavy atom. The predicted molar refractivity (Wildman–Crippen MR) is 69.6 cm³/mol. The highest BCUT2D eigenvalue weighted by molar-refractivity contribution is 6.45. The van der Waals surface area contributed by atoms with E-state index in [1.807, 2.05) is 0 Å². The van der Waals surface area contributed by atoms with Gasteiger partial charge in [-0.2, -0.15) is 0 Å². The first-order chi connectivity index (χ1) is 7.28. The molecule has 1 heterocycles. The third-order valence-electron chi connectivity index (χ3n) is 3.98. The van der Waals surface area contributed by atoms with Gasteiger partial charge in [-0.15, -0.1) is 0 Å². The lowest BCUT2D eigenvalue weighted by molar-refractivity contribution is 0.00578. The van der Waals surface area contributed by atoms with Crippen LogP contribution in [0.15, 0.2) is 0 Å². The Kier molecular flexibility index (Phi) is 4.47. The summed E-state index contributed by atoms with van der Waals surface area (Å²) in [6, 6.07) is 0. The average Bonchev–Trinajstić information content (AvgIpc) is 2.33. The summed E-state index contributed by atoms with van der Waals surface area (Å²) in [7, 11) is -0.00990. The molecule has 1 aliphatic rings. The Labute approximate surface area is 101 Å². The molecule has 1 fully saturated rings. The molecule has 1 rings (SSSR count). The molecule has 1 atom stereocenters. The molecule has 0 aliphatic carbocycles. The molecule has 0 bridgehead atoms. The number of rotatable bonds is 5. The van der Waals surface area contributed by atoms with E-state index in [4.69, 9.17) is 9.31 Å². The fourth-order valence-corrected chi connectivity index (χ4v) is 2.14. The van der Waals surface area contributed by atoms with Gasteiger partial charge in [0.05, 0.1) is 11.2 Å². The molecule has 0 aromatic heterocycles.